The first-order chi connectivity index (χ1) is 7.47. The molecule has 7 heteroatoms. The molecule has 0 aromatic heterocycles. The van der Waals surface area contributed by atoms with Gasteiger partial charge >= 0.3 is 6.43 Å². The molecule has 0 atom stereocenters. The maximum absolute atomic E-state index is 12.1. The van der Waals surface area contributed by atoms with E-state index in [0.717, 1.165) is 12.1 Å². The van der Waals surface area contributed by atoms with Crippen molar-refractivity contribution in [2.24, 2.45) is 0 Å². The van der Waals surface area contributed by atoms with Crippen LogP contribution in [0.5, 0.6) is 5.75 Å². The number of rotatable bonds is 4. The van der Waals surface area contributed by atoms with Gasteiger partial charge in [0.2, 0.25) is 5.78 Å². The zero-order valence-corrected chi connectivity index (χ0v) is 8.15. The standard InChI is InChI=1S/C9H7F2NO4/c1-16-5-2-3-6(8(13)9(10)11)7(4-5)12(14)15/h2-4,9H,1H3. The Balaban J connectivity index is 3.28. The smallest absolute Gasteiger partial charge is 0.300 e. The zero-order chi connectivity index (χ0) is 12.3. The Hall–Kier alpha value is -2.05. The Morgan fingerprint density at radius 1 is 1.50 bits per heavy atom. The molecule has 5 nitrogen and oxygen atoms in total. The predicted octanol–water partition coefficient (Wildman–Crippen LogP) is 2.05. The first-order valence-electron chi connectivity index (χ1n) is 4.12. The molecule has 0 aliphatic rings. The monoisotopic (exact) mass is 231 g/mol. The van der Waals surface area contributed by atoms with E-state index in [4.69, 9.17) is 4.74 Å². The minimum Gasteiger partial charge on any atom is -0.497 e. The van der Waals surface area contributed by atoms with Gasteiger partial charge in [-0.25, -0.2) is 8.78 Å². The average Bonchev–Trinajstić information content (AvgIpc) is 2.26. The number of nitrogens with zero attached hydrogens (tertiary/aromatic N) is 1. The lowest BCUT2D eigenvalue weighted by Crippen LogP contribution is -2.12. The lowest BCUT2D eigenvalue weighted by atomic mass is 10.1. The summed E-state index contributed by atoms with van der Waals surface area (Å²) in [6.45, 7) is 0. The second kappa shape index (κ2) is 4.65. The van der Waals surface area contributed by atoms with Crippen molar-refractivity contribution in [1.29, 1.82) is 0 Å². The lowest BCUT2D eigenvalue weighted by molar-refractivity contribution is -0.385. The molecule has 0 bridgehead atoms. The summed E-state index contributed by atoms with van der Waals surface area (Å²) in [4.78, 5) is 20.6. The van der Waals surface area contributed by atoms with Crippen LogP contribution < -0.4 is 4.74 Å². The van der Waals surface area contributed by atoms with Crippen molar-refractivity contribution in [2.75, 3.05) is 7.11 Å². The molecule has 0 saturated carbocycles. The SMILES string of the molecule is COc1ccc(C(=O)C(F)F)c([N+](=O)[O-])c1. The number of nitro groups is 1. The van der Waals surface area contributed by atoms with E-state index < -0.39 is 28.4 Å². The van der Waals surface area contributed by atoms with Crippen molar-refractivity contribution in [3.63, 3.8) is 0 Å². The number of hydrogen-bond acceptors (Lipinski definition) is 4. The highest BCUT2D eigenvalue weighted by molar-refractivity contribution is 6.02. The highest BCUT2D eigenvalue weighted by Crippen LogP contribution is 2.26. The van der Waals surface area contributed by atoms with E-state index in [1.165, 1.54) is 13.2 Å². The highest BCUT2D eigenvalue weighted by atomic mass is 19.3. The van der Waals surface area contributed by atoms with Crippen molar-refractivity contribution < 1.29 is 23.2 Å². The zero-order valence-electron chi connectivity index (χ0n) is 8.15. The van der Waals surface area contributed by atoms with Gasteiger partial charge in [0.1, 0.15) is 11.3 Å². The second-order valence-corrected chi connectivity index (χ2v) is 2.81. The largest absolute Gasteiger partial charge is 0.497 e. The fraction of sp³-hybridized carbons (Fsp3) is 0.222. The number of nitro benzene ring substituents is 1. The van der Waals surface area contributed by atoms with Crippen LogP contribution in [-0.4, -0.2) is 24.2 Å². The number of Topliss-reactive ketones (excluding diaryl/α,β-unsaturated/α-hetero) is 1. The van der Waals surface area contributed by atoms with Crippen molar-refractivity contribution in [3.8, 4) is 5.75 Å². The second-order valence-electron chi connectivity index (χ2n) is 2.81. The summed E-state index contributed by atoms with van der Waals surface area (Å²) in [6, 6.07) is 3.09. The Kier molecular flexibility index (Phi) is 3.49. The summed E-state index contributed by atoms with van der Waals surface area (Å²) in [5, 5.41) is 10.6. The van der Waals surface area contributed by atoms with Crippen LogP contribution in [0, 0.1) is 10.1 Å². The summed E-state index contributed by atoms with van der Waals surface area (Å²) < 4.78 is 29.0. The maximum atomic E-state index is 12.1. The number of carbonyl (C=O) groups is 1. The minimum absolute atomic E-state index is 0.123. The minimum atomic E-state index is -3.27. The first-order valence-corrected chi connectivity index (χ1v) is 4.12. The molecular formula is C9H7F2NO4. The number of ether oxygens (including phenoxy) is 1. The van der Waals surface area contributed by atoms with E-state index in [-0.39, 0.29) is 5.75 Å². The third-order valence-electron chi connectivity index (χ3n) is 1.87. The predicted molar refractivity (Wildman–Crippen MR) is 50.0 cm³/mol. The molecule has 0 fully saturated rings. The van der Waals surface area contributed by atoms with Crippen LogP contribution in [0.15, 0.2) is 18.2 Å². The summed E-state index contributed by atoms with van der Waals surface area (Å²) in [7, 11) is 1.27. The van der Waals surface area contributed by atoms with Gasteiger partial charge in [-0.15, -0.1) is 0 Å². The molecule has 0 amide bonds. The summed E-state index contributed by atoms with van der Waals surface area (Å²) in [6.07, 6.45) is -3.27. The van der Waals surface area contributed by atoms with Crippen molar-refractivity contribution in [1.82, 2.24) is 0 Å². The van der Waals surface area contributed by atoms with Gasteiger partial charge in [0.05, 0.1) is 18.1 Å². The van der Waals surface area contributed by atoms with Crippen LogP contribution in [-0.2, 0) is 0 Å². The van der Waals surface area contributed by atoms with E-state index in [2.05, 4.69) is 0 Å². The fourth-order valence-electron chi connectivity index (χ4n) is 1.12. The van der Waals surface area contributed by atoms with E-state index in [9.17, 15) is 23.7 Å². The molecule has 86 valence electrons. The molecule has 0 spiro atoms. The van der Waals surface area contributed by atoms with E-state index >= 15 is 0 Å². The van der Waals surface area contributed by atoms with Crippen molar-refractivity contribution >= 4 is 11.5 Å². The molecule has 0 N–H and O–H groups in total. The van der Waals surface area contributed by atoms with Gasteiger partial charge in [-0.05, 0) is 12.1 Å². The van der Waals surface area contributed by atoms with Gasteiger partial charge in [0.15, 0.2) is 0 Å². The number of benzene rings is 1. The lowest BCUT2D eigenvalue weighted by Gasteiger charge is -2.03. The summed E-state index contributed by atoms with van der Waals surface area (Å²) >= 11 is 0. The van der Waals surface area contributed by atoms with Crippen molar-refractivity contribution in [2.45, 2.75) is 6.43 Å². The van der Waals surface area contributed by atoms with Gasteiger partial charge in [-0.3, -0.25) is 14.9 Å². The highest BCUT2D eigenvalue weighted by Gasteiger charge is 2.26. The fourth-order valence-corrected chi connectivity index (χ4v) is 1.12. The van der Waals surface area contributed by atoms with E-state index in [1.54, 1.807) is 0 Å². The molecular weight excluding hydrogens is 224 g/mol. The molecule has 0 unspecified atom stereocenters. The molecule has 1 aromatic rings. The van der Waals surface area contributed by atoms with Gasteiger partial charge in [0.25, 0.3) is 5.69 Å². The first kappa shape index (κ1) is 12.0. The van der Waals surface area contributed by atoms with Crippen LogP contribution >= 0.6 is 0 Å². The van der Waals surface area contributed by atoms with Gasteiger partial charge < -0.3 is 4.74 Å². The van der Waals surface area contributed by atoms with Crippen LogP contribution in [0.25, 0.3) is 0 Å². The molecule has 16 heavy (non-hydrogen) atoms. The molecule has 0 aliphatic carbocycles. The summed E-state index contributed by atoms with van der Waals surface area (Å²) in [5.41, 5.74) is -1.31. The molecule has 0 heterocycles. The maximum Gasteiger partial charge on any atom is 0.300 e. The van der Waals surface area contributed by atoms with Crippen LogP contribution in [0.4, 0.5) is 14.5 Å². The Morgan fingerprint density at radius 3 is 2.56 bits per heavy atom. The van der Waals surface area contributed by atoms with E-state index in [1.807, 2.05) is 0 Å². The Bertz CT molecular complexity index is 434. The third-order valence-corrected chi connectivity index (χ3v) is 1.87. The number of halogens is 2. The van der Waals surface area contributed by atoms with Gasteiger partial charge in [0, 0.05) is 0 Å². The van der Waals surface area contributed by atoms with E-state index in [0.29, 0.717) is 0 Å². The van der Waals surface area contributed by atoms with Crippen LogP contribution in [0.3, 0.4) is 0 Å². The average molecular weight is 231 g/mol. The number of carbonyl (C=O) groups excluding carboxylic acids is 1. The molecule has 0 aliphatic heterocycles. The van der Waals surface area contributed by atoms with Crippen LogP contribution in [0.1, 0.15) is 10.4 Å². The molecule has 0 saturated heterocycles. The summed E-state index contributed by atoms with van der Waals surface area (Å²) in [5.74, 6) is -1.45. The molecule has 1 aromatic carbocycles. The van der Waals surface area contributed by atoms with Gasteiger partial charge in [-0.2, -0.15) is 0 Å². The van der Waals surface area contributed by atoms with Crippen molar-refractivity contribution in [3.05, 3.63) is 33.9 Å². The Labute approximate surface area is 88.8 Å². The number of ketones is 1. The quantitative estimate of drug-likeness (QED) is 0.451. The molecule has 0 radical (unpaired) electrons. The van der Waals surface area contributed by atoms with Crippen LogP contribution in [0.2, 0.25) is 0 Å². The van der Waals surface area contributed by atoms with Gasteiger partial charge in [-0.1, -0.05) is 0 Å². The topological polar surface area (TPSA) is 69.4 Å². The Morgan fingerprint density at radius 2 is 2.12 bits per heavy atom. The number of methoxy groups -OCH3 is 1. The normalized spacial score (nSPS) is 10.2. The number of hydrogen-bond donors (Lipinski definition) is 0. The number of alkyl halides is 2. The third kappa shape index (κ3) is 2.30. The molecule has 1 rings (SSSR count).